The van der Waals surface area contributed by atoms with Crippen LogP contribution in [0.1, 0.15) is 12.8 Å². The predicted molar refractivity (Wildman–Crippen MR) is 75.1 cm³/mol. The lowest BCUT2D eigenvalue weighted by atomic mass is 10.1. The lowest BCUT2D eigenvalue weighted by molar-refractivity contribution is -0.384. The number of hydrogen-bond donors (Lipinski definition) is 1. The van der Waals surface area contributed by atoms with Gasteiger partial charge in [-0.1, -0.05) is 0 Å². The van der Waals surface area contributed by atoms with Crippen molar-refractivity contribution in [3.05, 3.63) is 32.8 Å². The van der Waals surface area contributed by atoms with Crippen molar-refractivity contribution in [3.8, 4) is 0 Å². The molecule has 5 nitrogen and oxygen atoms in total. The first kappa shape index (κ1) is 13.3. The molecule has 0 aliphatic carbocycles. The molecule has 1 fully saturated rings. The van der Waals surface area contributed by atoms with Crippen molar-refractivity contribution in [1.29, 1.82) is 0 Å². The number of nitrogens with one attached hydrogen (secondary N) is 1. The molecule has 98 valence electrons. The molecule has 1 aromatic rings. The third-order valence-corrected chi connectivity index (χ3v) is 3.95. The van der Waals surface area contributed by atoms with Gasteiger partial charge in [-0.25, -0.2) is 0 Å². The maximum Gasteiger partial charge on any atom is 0.270 e. The summed E-state index contributed by atoms with van der Waals surface area (Å²) in [6.45, 7) is 1.93. The number of rotatable bonds is 3. The number of hydrogen-bond acceptors (Lipinski definition) is 4. The van der Waals surface area contributed by atoms with E-state index in [0.717, 1.165) is 29.7 Å². The van der Waals surface area contributed by atoms with Crippen LogP contribution in [0.5, 0.6) is 0 Å². The zero-order valence-corrected chi connectivity index (χ0v) is 11.8. The van der Waals surface area contributed by atoms with E-state index in [1.165, 1.54) is 6.42 Å². The minimum Gasteiger partial charge on any atom is -0.369 e. The molecule has 1 aliphatic rings. The molecule has 1 saturated heterocycles. The smallest absolute Gasteiger partial charge is 0.270 e. The first-order chi connectivity index (χ1) is 8.61. The summed E-state index contributed by atoms with van der Waals surface area (Å²) in [5.41, 5.74) is 1.15. The number of nitro groups is 1. The standard InChI is InChI=1S/C12H16BrN3O2/c1-14-9-3-2-6-15(8-9)12-5-4-10(16(17)18)7-11(12)13/h4-5,7,9,14H,2-3,6,8H2,1H3. The highest BCUT2D eigenvalue weighted by molar-refractivity contribution is 9.10. The van der Waals surface area contributed by atoms with Crippen LogP contribution >= 0.6 is 15.9 Å². The third-order valence-electron chi connectivity index (χ3n) is 3.31. The second-order valence-corrected chi connectivity index (χ2v) is 5.32. The minimum atomic E-state index is -0.374. The Bertz CT molecular complexity index is 453. The normalized spacial score (nSPS) is 19.9. The number of non-ortho nitro benzene ring substituents is 1. The van der Waals surface area contributed by atoms with Gasteiger partial charge in [0.25, 0.3) is 5.69 Å². The van der Waals surface area contributed by atoms with Crippen LogP contribution in [-0.4, -0.2) is 31.1 Å². The SMILES string of the molecule is CNC1CCCN(c2ccc([N+](=O)[O-])cc2Br)C1. The number of piperidine rings is 1. The van der Waals surface area contributed by atoms with Crippen molar-refractivity contribution >= 4 is 27.3 Å². The van der Waals surface area contributed by atoms with E-state index in [1.807, 2.05) is 13.1 Å². The third kappa shape index (κ3) is 2.81. The van der Waals surface area contributed by atoms with Gasteiger partial charge in [-0.15, -0.1) is 0 Å². The van der Waals surface area contributed by atoms with Crippen LogP contribution in [0, 0.1) is 10.1 Å². The molecular formula is C12H16BrN3O2. The Balaban J connectivity index is 2.20. The Morgan fingerprint density at radius 3 is 2.94 bits per heavy atom. The lowest BCUT2D eigenvalue weighted by Gasteiger charge is -2.34. The second kappa shape index (κ2) is 5.67. The average Bonchev–Trinajstić information content (AvgIpc) is 2.38. The molecule has 1 unspecified atom stereocenters. The van der Waals surface area contributed by atoms with Crippen molar-refractivity contribution in [2.24, 2.45) is 0 Å². The molecule has 0 aromatic heterocycles. The van der Waals surface area contributed by atoms with Gasteiger partial charge in [0, 0.05) is 35.7 Å². The molecule has 0 bridgehead atoms. The number of halogens is 1. The molecule has 0 spiro atoms. The summed E-state index contributed by atoms with van der Waals surface area (Å²) in [6, 6.07) is 5.43. The molecule has 1 aliphatic heterocycles. The minimum absolute atomic E-state index is 0.118. The Hall–Kier alpha value is -1.14. The summed E-state index contributed by atoms with van der Waals surface area (Å²) < 4.78 is 0.786. The molecule has 1 heterocycles. The molecule has 0 amide bonds. The van der Waals surface area contributed by atoms with Crippen molar-refractivity contribution < 1.29 is 4.92 Å². The van der Waals surface area contributed by atoms with Gasteiger partial charge < -0.3 is 10.2 Å². The van der Waals surface area contributed by atoms with E-state index in [-0.39, 0.29) is 10.6 Å². The highest BCUT2D eigenvalue weighted by Crippen LogP contribution is 2.31. The monoisotopic (exact) mass is 313 g/mol. The van der Waals surface area contributed by atoms with E-state index >= 15 is 0 Å². The first-order valence-corrected chi connectivity index (χ1v) is 6.77. The van der Waals surface area contributed by atoms with Crippen LogP contribution in [0.15, 0.2) is 22.7 Å². The van der Waals surface area contributed by atoms with Gasteiger partial charge in [-0.05, 0) is 41.9 Å². The van der Waals surface area contributed by atoms with Gasteiger partial charge in [0.05, 0.1) is 10.6 Å². The molecule has 18 heavy (non-hydrogen) atoms. The first-order valence-electron chi connectivity index (χ1n) is 5.98. The predicted octanol–water partition coefficient (Wildman–Crippen LogP) is 2.55. The quantitative estimate of drug-likeness (QED) is 0.688. The fourth-order valence-electron chi connectivity index (χ4n) is 2.30. The topological polar surface area (TPSA) is 58.4 Å². The Labute approximate surface area is 114 Å². The largest absolute Gasteiger partial charge is 0.369 e. The molecule has 1 atom stereocenters. The molecule has 6 heteroatoms. The summed E-state index contributed by atoms with van der Waals surface area (Å²) in [7, 11) is 1.97. The van der Waals surface area contributed by atoms with E-state index in [1.54, 1.807) is 12.1 Å². The van der Waals surface area contributed by atoms with Gasteiger partial charge in [0.2, 0.25) is 0 Å². The fraction of sp³-hybridized carbons (Fsp3) is 0.500. The van der Waals surface area contributed by atoms with Crippen LogP contribution in [0.3, 0.4) is 0 Å². The Morgan fingerprint density at radius 2 is 2.33 bits per heavy atom. The number of nitrogens with zero attached hydrogens (tertiary/aromatic N) is 2. The van der Waals surface area contributed by atoms with Crippen LogP contribution in [0.25, 0.3) is 0 Å². The van der Waals surface area contributed by atoms with Gasteiger partial charge in [0.15, 0.2) is 0 Å². The Kier molecular flexibility index (Phi) is 4.19. The maximum atomic E-state index is 10.7. The molecule has 1 N–H and O–H groups in total. The molecular weight excluding hydrogens is 298 g/mol. The van der Waals surface area contributed by atoms with Gasteiger partial charge in [0.1, 0.15) is 0 Å². The summed E-state index contributed by atoms with van der Waals surface area (Å²) in [5, 5.41) is 14.0. The maximum absolute atomic E-state index is 10.7. The van der Waals surface area contributed by atoms with E-state index in [4.69, 9.17) is 0 Å². The average molecular weight is 314 g/mol. The second-order valence-electron chi connectivity index (χ2n) is 4.47. The summed E-state index contributed by atoms with van der Waals surface area (Å²) in [5.74, 6) is 0. The van der Waals surface area contributed by atoms with E-state index in [9.17, 15) is 10.1 Å². The van der Waals surface area contributed by atoms with Crippen LogP contribution in [0.2, 0.25) is 0 Å². The van der Waals surface area contributed by atoms with Crippen molar-refractivity contribution in [3.63, 3.8) is 0 Å². The fourth-order valence-corrected chi connectivity index (χ4v) is 2.91. The van der Waals surface area contributed by atoms with E-state index in [2.05, 4.69) is 26.1 Å². The van der Waals surface area contributed by atoms with Crippen LogP contribution < -0.4 is 10.2 Å². The molecule has 2 rings (SSSR count). The molecule has 0 saturated carbocycles. The van der Waals surface area contributed by atoms with E-state index < -0.39 is 0 Å². The number of nitro benzene ring substituents is 1. The van der Waals surface area contributed by atoms with Gasteiger partial charge in [-0.3, -0.25) is 10.1 Å². The van der Waals surface area contributed by atoms with Crippen LogP contribution in [0.4, 0.5) is 11.4 Å². The van der Waals surface area contributed by atoms with Crippen molar-refractivity contribution in [2.45, 2.75) is 18.9 Å². The molecule has 0 radical (unpaired) electrons. The molecule has 1 aromatic carbocycles. The number of likely N-dealkylation sites (N-methyl/N-ethyl adjacent to an activating group) is 1. The number of anilines is 1. The summed E-state index contributed by atoms with van der Waals surface area (Å²) in [4.78, 5) is 12.6. The summed E-state index contributed by atoms with van der Waals surface area (Å²) >= 11 is 3.43. The summed E-state index contributed by atoms with van der Waals surface area (Å²) in [6.07, 6.45) is 2.31. The van der Waals surface area contributed by atoms with Gasteiger partial charge >= 0.3 is 0 Å². The van der Waals surface area contributed by atoms with E-state index in [0.29, 0.717) is 6.04 Å². The lowest BCUT2D eigenvalue weighted by Crippen LogP contribution is -2.44. The number of benzene rings is 1. The zero-order valence-electron chi connectivity index (χ0n) is 10.2. The van der Waals surface area contributed by atoms with Crippen LogP contribution in [-0.2, 0) is 0 Å². The Morgan fingerprint density at radius 1 is 1.56 bits per heavy atom. The zero-order chi connectivity index (χ0) is 13.1. The van der Waals surface area contributed by atoms with Crippen molar-refractivity contribution in [1.82, 2.24) is 5.32 Å². The highest BCUT2D eigenvalue weighted by atomic mass is 79.9. The highest BCUT2D eigenvalue weighted by Gasteiger charge is 2.21. The van der Waals surface area contributed by atoms with Gasteiger partial charge in [-0.2, -0.15) is 0 Å². The van der Waals surface area contributed by atoms with Crippen molar-refractivity contribution in [2.75, 3.05) is 25.0 Å².